The summed E-state index contributed by atoms with van der Waals surface area (Å²) < 4.78 is 26.2. The average Bonchev–Trinajstić information content (AvgIpc) is 3.21. The quantitative estimate of drug-likeness (QED) is 0.351. The van der Waals surface area contributed by atoms with Crippen molar-refractivity contribution in [3.8, 4) is 11.3 Å². The molecule has 3 heterocycles. The van der Waals surface area contributed by atoms with Gasteiger partial charge in [-0.2, -0.15) is 0 Å². The summed E-state index contributed by atoms with van der Waals surface area (Å²) in [5.41, 5.74) is 5.90. The van der Waals surface area contributed by atoms with Crippen LogP contribution in [0.5, 0.6) is 0 Å². The van der Waals surface area contributed by atoms with E-state index < -0.39 is 11.3 Å². The molecular weight excluding hydrogens is 464 g/mol. The number of nitrogens with zero attached hydrogens (tertiary/aromatic N) is 3. The Kier molecular flexibility index (Phi) is 6.10. The number of anilines is 3. The molecule has 3 N–H and O–H groups in total. The minimum Gasteiger partial charge on any atom is -0.760 e. The number of rotatable bonds is 6. The Labute approximate surface area is 205 Å². The summed E-state index contributed by atoms with van der Waals surface area (Å²) in [5.74, 6) is 0.449. The molecule has 1 atom stereocenters. The van der Waals surface area contributed by atoms with Gasteiger partial charge in [0.1, 0.15) is 0 Å². The predicted molar refractivity (Wildman–Crippen MR) is 135 cm³/mol. The van der Waals surface area contributed by atoms with Gasteiger partial charge in [0.2, 0.25) is 11.9 Å². The van der Waals surface area contributed by atoms with Gasteiger partial charge in [-0.1, -0.05) is 38.1 Å². The molecule has 0 fully saturated rings. The molecule has 35 heavy (non-hydrogen) atoms. The van der Waals surface area contributed by atoms with Crippen molar-refractivity contribution in [1.82, 2.24) is 19.3 Å². The Balaban J connectivity index is 1.49. The summed E-state index contributed by atoms with van der Waals surface area (Å²) in [6, 6.07) is 17.3. The number of fused-ring (bicyclic) bond motifs is 2. The van der Waals surface area contributed by atoms with Crippen molar-refractivity contribution in [2.45, 2.75) is 38.6 Å². The van der Waals surface area contributed by atoms with Crippen molar-refractivity contribution in [2.75, 3.05) is 10.6 Å². The maximum atomic E-state index is 12.1. The van der Waals surface area contributed by atoms with Gasteiger partial charge < -0.3 is 15.2 Å². The van der Waals surface area contributed by atoms with Crippen molar-refractivity contribution in [3.05, 3.63) is 71.9 Å². The largest absolute Gasteiger partial charge is 0.760 e. The number of nitrogens with one attached hydrogen (secondary N) is 3. The third-order valence-corrected chi connectivity index (χ3v) is 6.71. The van der Waals surface area contributed by atoms with Gasteiger partial charge in [0.25, 0.3) is 0 Å². The highest BCUT2D eigenvalue weighted by Crippen LogP contribution is 2.38. The zero-order chi connectivity index (χ0) is 24.6. The van der Waals surface area contributed by atoms with Crippen molar-refractivity contribution in [1.29, 1.82) is 0 Å². The predicted octanol–water partition coefficient (Wildman–Crippen LogP) is 4.03. The van der Waals surface area contributed by atoms with E-state index in [1.165, 1.54) is 0 Å². The standard InChI is InChI=1S/C25H26N6O3S/c1-25(2)12-11-23(32)29-21-9-7-17(13-20(21)25)28-24-26-15-18-8-10-22(31(18)30-24)19-6-4-3-5-16(19)14-27-35(33)34/h3-10,13,15,27H,11-12,14H2,1-2H3,(H,28,30)(H,29,32)(H,33,34)/p-1. The van der Waals surface area contributed by atoms with Gasteiger partial charge in [0, 0.05) is 41.2 Å². The molecule has 0 saturated carbocycles. The molecule has 0 radical (unpaired) electrons. The lowest BCUT2D eigenvalue weighted by Crippen LogP contribution is -2.16. The normalized spacial score (nSPS) is 15.8. The first kappa shape index (κ1) is 23.2. The van der Waals surface area contributed by atoms with Crippen LogP contribution in [0.3, 0.4) is 0 Å². The summed E-state index contributed by atoms with van der Waals surface area (Å²) in [4.78, 5) is 16.5. The SMILES string of the molecule is CC1(C)CCC(=O)Nc2ccc(Nc3ncc4ccc(-c5ccccc5CNS(=O)[O-])n4n3)cc21. The van der Waals surface area contributed by atoms with Gasteiger partial charge >= 0.3 is 0 Å². The molecular formula is C25H25N6O3S-. The number of hydrogen-bond acceptors (Lipinski definition) is 6. The molecule has 1 aliphatic rings. The second-order valence-corrected chi connectivity index (χ2v) is 9.93. The van der Waals surface area contributed by atoms with Crippen LogP contribution in [0, 0.1) is 0 Å². The monoisotopic (exact) mass is 489 g/mol. The number of benzene rings is 2. The maximum Gasteiger partial charge on any atom is 0.245 e. The van der Waals surface area contributed by atoms with Crippen LogP contribution in [-0.4, -0.2) is 29.3 Å². The Bertz CT molecular complexity index is 1450. The van der Waals surface area contributed by atoms with Crippen molar-refractivity contribution in [2.24, 2.45) is 0 Å². The van der Waals surface area contributed by atoms with Crippen molar-refractivity contribution < 1.29 is 13.6 Å². The van der Waals surface area contributed by atoms with Crippen LogP contribution >= 0.6 is 0 Å². The molecule has 0 spiro atoms. The lowest BCUT2D eigenvalue weighted by molar-refractivity contribution is -0.116. The number of carbonyl (C=O) groups is 1. The number of hydrogen-bond donors (Lipinski definition) is 3. The molecule has 0 bridgehead atoms. The van der Waals surface area contributed by atoms with Gasteiger partial charge in [-0.05, 0) is 53.3 Å². The van der Waals surface area contributed by atoms with Gasteiger partial charge in [0.15, 0.2) is 0 Å². The van der Waals surface area contributed by atoms with E-state index in [-0.39, 0.29) is 17.9 Å². The molecule has 4 aromatic rings. The Hall–Kier alpha value is -3.60. The fraction of sp³-hybridized carbons (Fsp3) is 0.240. The fourth-order valence-corrected chi connectivity index (χ4v) is 4.69. The first-order valence-electron chi connectivity index (χ1n) is 11.3. The summed E-state index contributed by atoms with van der Waals surface area (Å²) in [5, 5.41) is 11.0. The molecule has 1 amide bonds. The fourth-order valence-electron chi connectivity index (χ4n) is 4.42. The third kappa shape index (κ3) is 4.81. The van der Waals surface area contributed by atoms with Crippen molar-refractivity contribution in [3.63, 3.8) is 0 Å². The van der Waals surface area contributed by atoms with E-state index in [1.54, 1.807) is 10.7 Å². The van der Waals surface area contributed by atoms with Crippen LogP contribution in [-0.2, 0) is 28.0 Å². The van der Waals surface area contributed by atoms with E-state index in [9.17, 15) is 13.6 Å². The van der Waals surface area contributed by atoms with E-state index in [0.717, 1.165) is 45.7 Å². The van der Waals surface area contributed by atoms with Gasteiger partial charge in [-0.3, -0.25) is 9.00 Å². The second kappa shape index (κ2) is 9.21. The highest BCUT2D eigenvalue weighted by Gasteiger charge is 2.28. The van der Waals surface area contributed by atoms with Crippen LogP contribution in [0.1, 0.15) is 37.8 Å². The Morgan fingerprint density at radius 2 is 2.00 bits per heavy atom. The molecule has 2 aromatic carbocycles. The molecule has 1 unspecified atom stereocenters. The van der Waals surface area contributed by atoms with Crippen LogP contribution in [0.4, 0.5) is 17.3 Å². The topological polar surface area (TPSA) is 123 Å². The molecule has 9 nitrogen and oxygen atoms in total. The van der Waals surface area contributed by atoms with E-state index in [4.69, 9.17) is 5.10 Å². The molecule has 1 aliphatic heterocycles. The first-order valence-corrected chi connectivity index (χ1v) is 12.3. The van der Waals surface area contributed by atoms with Crippen LogP contribution < -0.4 is 15.4 Å². The van der Waals surface area contributed by atoms with Crippen LogP contribution in [0.15, 0.2) is 60.8 Å². The molecule has 0 aliphatic carbocycles. The Morgan fingerprint density at radius 3 is 2.83 bits per heavy atom. The minimum absolute atomic E-state index is 0.0310. The minimum atomic E-state index is -2.35. The number of carbonyl (C=O) groups excluding carboxylic acids is 1. The first-order chi connectivity index (χ1) is 16.8. The van der Waals surface area contributed by atoms with Gasteiger partial charge in [-0.25, -0.2) is 14.2 Å². The maximum absolute atomic E-state index is 12.1. The summed E-state index contributed by atoms with van der Waals surface area (Å²) >= 11 is -2.35. The second-order valence-electron chi connectivity index (χ2n) is 9.17. The van der Waals surface area contributed by atoms with Crippen LogP contribution in [0.2, 0.25) is 0 Å². The van der Waals surface area contributed by atoms with Gasteiger partial charge in [0.05, 0.1) is 17.4 Å². The molecule has 2 aromatic heterocycles. The summed E-state index contributed by atoms with van der Waals surface area (Å²) in [6.07, 6.45) is 2.99. The third-order valence-electron chi connectivity index (χ3n) is 6.33. The smallest absolute Gasteiger partial charge is 0.245 e. The Morgan fingerprint density at radius 1 is 1.17 bits per heavy atom. The zero-order valence-electron chi connectivity index (χ0n) is 19.4. The number of aromatic nitrogens is 3. The molecule has 180 valence electrons. The molecule has 0 saturated heterocycles. The van der Waals surface area contributed by atoms with Crippen LogP contribution in [0.25, 0.3) is 16.8 Å². The van der Waals surface area contributed by atoms with Gasteiger partial charge in [-0.15, -0.1) is 5.10 Å². The van der Waals surface area contributed by atoms with E-state index in [0.29, 0.717) is 12.4 Å². The number of amides is 1. The van der Waals surface area contributed by atoms with E-state index >= 15 is 0 Å². The highest BCUT2D eigenvalue weighted by molar-refractivity contribution is 7.77. The lowest BCUT2D eigenvalue weighted by atomic mass is 9.80. The summed E-state index contributed by atoms with van der Waals surface area (Å²) in [6.45, 7) is 4.45. The van der Waals surface area contributed by atoms with E-state index in [1.807, 2.05) is 54.6 Å². The average molecular weight is 490 g/mol. The lowest BCUT2D eigenvalue weighted by Gasteiger charge is -2.25. The highest BCUT2D eigenvalue weighted by atomic mass is 32.2. The summed E-state index contributed by atoms with van der Waals surface area (Å²) in [7, 11) is 0. The molecule has 10 heteroatoms. The van der Waals surface area contributed by atoms with Crippen molar-refractivity contribution >= 4 is 40.0 Å². The zero-order valence-corrected chi connectivity index (χ0v) is 20.2. The molecule has 5 rings (SSSR count). The van der Waals surface area contributed by atoms with E-state index in [2.05, 4.69) is 34.2 Å².